The van der Waals surface area contributed by atoms with Crippen molar-refractivity contribution in [1.29, 1.82) is 0 Å². The van der Waals surface area contributed by atoms with Crippen LogP contribution >= 0.6 is 0 Å². The van der Waals surface area contributed by atoms with Crippen LogP contribution in [-0.4, -0.2) is 7.11 Å². The summed E-state index contributed by atoms with van der Waals surface area (Å²) in [7, 11) is 1.70. The van der Waals surface area contributed by atoms with Gasteiger partial charge in [-0.25, -0.2) is 0 Å². The molecule has 0 fully saturated rings. The van der Waals surface area contributed by atoms with Gasteiger partial charge >= 0.3 is 0 Å². The summed E-state index contributed by atoms with van der Waals surface area (Å²) < 4.78 is 5.30. The lowest BCUT2D eigenvalue weighted by Gasteiger charge is -2.22. The van der Waals surface area contributed by atoms with Gasteiger partial charge in [0.1, 0.15) is 5.75 Å². The first kappa shape index (κ1) is 16.0. The van der Waals surface area contributed by atoms with E-state index in [1.165, 1.54) is 12.0 Å². The number of methoxy groups -OCH3 is 1. The van der Waals surface area contributed by atoms with Gasteiger partial charge in [0.25, 0.3) is 0 Å². The van der Waals surface area contributed by atoms with Crippen molar-refractivity contribution in [3.63, 3.8) is 0 Å². The maximum Gasteiger partial charge on any atom is 0.121 e. The lowest BCUT2D eigenvalue weighted by molar-refractivity contribution is 0.358. The maximum atomic E-state index is 5.72. The minimum absolute atomic E-state index is 0.207. The summed E-state index contributed by atoms with van der Waals surface area (Å²) in [5.41, 5.74) is 5.33. The molecule has 0 saturated carbocycles. The summed E-state index contributed by atoms with van der Waals surface area (Å²) in [6.45, 7) is 8.88. The van der Waals surface area contributed by atoms with Crippen LogP contribution in [0.2, 0.25) is 0 Å². The third-order valence-electron chi connectivity index (χ3n) is 3.53. The maximum absolute atomic E-state index is 5.72. The van der Waals surface area contributed by atoms with Gasteiger partial charge in [-0.15, -0.1) is 0 Å². The number of benzene rings is 1. The van der Waals surface area contributed by atoms with Gasteiger partial charge in [0.05, 0.1) is 7.11 Å². The second-order valence-corrected chi connectivity index (χ2v) is 5.92. The Bertz CT molecular complexity index is 390. The van der Waals surface area contributed by atoms with E-state index in [1.54, 1.807) is 7.11 Å². The second-order valence-electron chi connectivity index (χ2n) is 5.92. The fraction of sp³-hybridized carbons (Fsp3) is 0.625. The highest BCUT2D eigenvalue weighted by atomic mass is 16.5. The molecule has 0 saturated heterocycles. The SMILES string of the molecule is COc1ccc(C(CC(C)CC(C)C)NN)cc1C. The minimum atomic E-state index is 0.207. The third kappa shape index (κ3) is 4.84. The molecular weight excluding hydrogens is 236 g/mol. The van der Waals surface area contributed by atoms with E-state index in [2.05, 4.69) is 45.3 Å². The molecule has 0 aromatic heterocycles. The zero-order chi connectivity index (χ0) is 14.4. The Labute approximate surface area is 117 Å². The Kier molecular flexibility index (Phi) is 6.32. The summed E-state index contributed by atoms with van der Waals surface area (Å²) >= 11 is 0. The van der Waals surface area contributed by atoms with E-state index in [0.29, 0.717) is 5.92 Å². The van der Waals surface area contributed by atoms with Crippen molar-refractivity contribution in [3.05, 3.63) is 29.3 Å². The molecule has 0 aliphatic heterocycles. The molecule has 108 valence electrons. The van der Waals surface area contributed by atoms with Crippen molar-refractivity contribution < 1.29 is 4.74 Å². The van der Waals surface area contributed by atoms with E-state index >= 15 is 0 Å². The molecule has 0 heterocycles. The second kappa shape index (κ2) is 7.51. The summed E-state index contributed by atoms with van der Waals surface area (Å²) in [6, 6.07) is 6.48. The van der Waals surface area contributed by atoms with E-state index in [-0.39, 0.29) is 6.04 Å². The van der Waals surface area contributed by atoms with Gasteiger partial charge in [-0.1, -0.05) is 32.9 Å². The third-order valence-corrected chi connectivity index (χ3v) is 3.53. The number of ether oxygens (including phenoxy) is 1. The van der Waals surface area contributed by atoms with E-state index in [4.69, 9.17) is 10.6 Å². The van der Waals surface area contributed by atoms with Gasteiger partial charge in [-0.3, -0.25) is 11.3 Å². The van der Waals surface area contributed by atoms with Gasteiger partial charge in [-0.2, -0.15) is 0 Å². The summed E-state index contributed by atoms with van der Waals surface area (Å²) in [4.78, 5) is 0. The molecule has 0 spiro atoms. The van der Waals surface area contributed by atoms with Crippen molar-refractivity contribution in [2.45, 2.75) is 46.6 Å². The molecule has 19 heavy (non-hydrogen) atoms. The van der Waals surface area contributed by atoms with Crippen LogP contribution in [-0.2, 0) is 0 Å². The van der Waals surface area contributed by atoms with Crippen LogP contribution in [0.15, 0.2) is 18.2 Å². The largest absolute Gasteiger partial charge is 0.496 e. The number of hydrogen-bond acceptors (Lipinski definition) is 3. The van der Waals surface area contributed by atoms with Crippen LogP contribution in [0.3, 0.4) is 0 Å². The first-order valence-corrected chi connectivity index (χ1v) is 7.08. The molecule has 1 rings (SSSR count). The number of rotatable bonds is 7. The average molecular weight is 264 g/mol. The van der Waals surface area contributed by atoms with Crippen LogP contribution in [0.25, 0.3) is 0 Å². The van der Waals surface area contributed by atoms with Gasteiger partial charge in [0.15, 0.2) is 0 Å². The Morgan fingerprint density at radius 2 is 1.89 bits per heavy atom. The molecule has 3 nitrogen and oxygen atoms in total. The number of hydrogen-bond donors (Lipinski definition) is 2. The zero-order valence-electron chi connectivity index (χ0n) is 12.9. The first-order valence-electron chi connectivity index (χ1n) is 7.08. The Morgan fingerprint density at radius 3 is 2.37 bits per heavy atom. The molecule has 0 bridgehead atoms. The number of nitrogens with one attached hydrogen (secondary N) is 1. The van der Waals surface area contributed by atoms with E-state index < -0.39 is 0 Å². The van der Waals surface area contributed by atoms with Crippen molar-refractivity contribution in [2.24, 2.45) is 17.7 Å². The summed E-state index contributed by atoms with van der Waals surface area (Å²) in [5, 5.41) is 0. The van der Waals surface area contributed by atoms with Crippen molar-refractivity contribution in [1.82, 2.24) is 5.43 Å². The van der Waals surface area contributed by atoms with E-state index in [1.807, 2.05) is 6.07 Å². The molecule has 1 aromatic carbocycles. The molecule has 3 heteroatoms. The molecule has 0 radical (unpaired) electrons. The highest BCUT2D eigenvalue weighted by Gasteiger charge is 2.15. The molecule has 2 unspecified atom stereocenters. The number of aryl methyl sites for hydroxylation is 1. The summed E-state index contributed by atoms with van der Waals surface area (Å²) in [5.74, 6) is 8.03. The number of nitrogens with two attached hydrogens (primary N) is 1. The van der Waals surface area contributed by atoms with E-state index in [0.717, 1.165) is 23.7 Å². The lowest BCUT2D eigenvalue weighted by Crippen LogP contribution is -2.29. The molecular formula is C16H28N2O. The lowest BCUT2D eigenvalue weighted by atomic mass is 9.90. The summed E-state index contributed by atoms with van der Waals surface area (Å²) in [6.07, 6.45) is 2.29. The van der Waals surface area contributed by atoms with Crippen molar-refractivity contribution in [3.8, 4) is 5.75 Å². The van der Waals surface area contributed by atoms with Gasteiger partial charge in [-0.05, 0) is 48.8 Å². The smallest absolute Gasteiger partial charge is 0.121 e. The van der Waals surface area contributed by atoms with Gasteiger partial charge in [0.2, 0.25) is 0 Å². The zero-order valence-corrected chi connectivity index (χ0v) is 12.9. The molecule has 0 amide bonds. The fourth-order valence-electron chi connectivity index (χ4n) is 2.72. The predicted octanol–water partition coefficient (Wildman–Crippen LogP) is 3.58. The quantitative estimate of drug-likeness (QED) is 0.584. The topological polar surface area (TPSA) is 47.3 Å². The molecule has 1 aromatic rings. The fourth-order valence-corrected chi connectivity index (χ4v) is 2.72. The first-order chi connectivity index (χ1) is 8.97. The van der Waals surface area contributed by atoms with Crippen molar-refractivity contribution >= 4 is 0 Å². The molecule has 2 atom stereocenters. The van der Waals surface area contributed by atoms with Crippen LogP contribution < -0.4 is 16.0 Å². The highest BCUT2D eigenvalue weighted by Crippen LogP contribution is 2.28. The van der Waals surface area contributed by atoms with E-state index in [9.17, 15) is 0 Å². The Balaban J connectivity index is 2.76. The van der Waals surface area contributed by atoms with Crippen LogP contribution in [0.1, 0.15) is 50.8 Å². The standard InChI is InChI=1S/C16H28N2O/c1-11(2)8-12(3)9-15(18-17)14-6-7-16(19-5)13(4)10-14/h6-7,10-12,15,18H,8-9,17H2,1-5H3. The predicted molar refractivity (Wildman–Crippen MR) is 81.0 cm³/mol. The Morgan fingerprint density at radius 1 is 1.21 bits per heavy atom. The minimum Gasteiger partial charge on any atom is -0.496 e. The Hall–Kier alpha value is -1.06. The van der Waals surface area contributed by atoms with Gasteiger partial charge in [0, 0.05) is 6.04 Å². The average Bonchev–Trinajstić information content (AvgIpc) is 2.35. The highest BCUT2D eigenvalue weighted by molar-refractivity contribution is 5.37. The monoisotopic (exact) mass is 264 g/mol. The van der Waals surface area contributed by atoms with Crippen molar-refractivity contribution in [2.75, 3.05) is 7.11 Å². The van der Waals surface area contributed by atoms with Crippen LogP contribution in [0.5, 0.6) is 5.75 Å². The molecule has 3 N–H and O–H groups in total. The number of hydrazine groups is 1. The molecule has 0 aliphatic rings. The van der Waals surface area contributed by atoms with Gasteiger partial charge < -0.3 is 4.74 Å². The molecule has 0 aliphatic carbocycles. The van der Waals surface area contributed by atoms with Crippen LogP contribution in [0, 0.1) is 18.8 Å². The normalized spacial score (nSPS) is 14.5. The van der Waals surface area contributed by atoms with Crippen LogP contribution in [0.4, 0.5) is 0 Å².